The van der Waals surface area contributed by atoms with Crippen LogP contribution in [-0.2, 0) is 0 Å². The summed E-state index contributed by atoms with van der Waals surface area (Å²) in [7, 11) is 0. The molecule has 1 aromatic heterocycles. The van der Waals surface area contributed by atoms with E-state index in [1.54, 1.807) is 0 Å². The molecule has 0 aliphatic heterocycles. The molecule has 0 unspecified atom stereocenters. The molecule has 0 atom stereocenters. The van der Waals surface area contributed by atoms with E-state index in [2.05, 4.69) is 0 Å². The maximum Gasteiger partial charge on any atom is 0.159 e. The first kappa shape index (κ1) is 11.9. The number of hydrogen-bond donors (Lipinski definition) is 0. The summed E-state index contributed by atoms with van der Waals surface area (Å²) in [6.07, 6.45) is 0. The largest absolute Gasteiger partial charge is 0.453 e. The van der Waals surface area contributed by atoms with E-state index >= 15 is 0 Å². The fourth-order valence-electron chi connectivity index (χ4n) is 5.56. The number of benzene rings is 9. The van der Waals surface area contributed by atoms with Crippen molar-refractivity contribution < 1.29 is 52.4 Å². The van der Waals surface area contributed by atoms with Crippen LogP contribution in [0.2, 0.25) is 0 Å². The van der Waals surface area contributed by atoms with Crippen molar-refractivity contribution in [1.29, 1.82) is 0 Å². The van der Waals surface area contributed by atoms with Crippen LogP contribution in [0.5, 0.6) is 0 Å². The first-order valence-electron chi connectivity index (χ1n) is 33.1. The van der Waals surface area contributed by atoms with E-state index in [4.69, 9.17) is 35.9 Å². The van der Waals surface area contributed by atoms with Crippen LogP contribution < -0.4 is 4.90 Å². The molecule has 0 fully saturated rings. The molecule has 0 radical (unpaired) electrons. The minimum Gasteiger partial charge on any atom is -0.453 e. The standard InChI is InChI=1S/C52H35NO/c1-4-14-36(15-5-1)40-20-10-22-44(35-40)53(50-27-13-26-49-48-25-12-24-47(51(48)54-52(49)50)39-18-8-3-9-19-39)43-31-28-37(29-32-43)41-30-33-46-42(34-41)21-11-23-45(46)38-16-6-2-7-17-38/h1-35H/i1D,2D,3D,4D,5D,6D,7D,8D,9D,10D,11D,12D,13D,14D,15D,16D,17D,18D,19D,20D,21D,22D,23D,24D,25D,26D,27D,28D,29D,30D,31D,32D,33D,34D,35D. The summed E-state index contributed by atoms with van der Waals surface area (Å²) in [4.78, 5) is 0.309. The van der Waals surface area contributed by atoms with Gasteiger partial charge in [-0.15, -0.1) is 0 Å². The molecular formula is C52H35NO. The summed E-state index contributed by atoms with van der Waals surface area (Å²) in [6.45, 7) is 0. The summed E-state index contributed by atoms with van der Waals surface area (Å²) in [5, 5.41) is -3.08. The molecule has 0 saturated carbocycles. The van der Waals surface area contributed by atoms with Gasteiger partial charge in [0, 0.05) is 27.7 Å². The number of nitrogens with zero attached hydrogens (tertiary/aromatic N) is 1. The van der Waals surface area contributed by atoms with Crippen molar-refractivity contribution in [2.24, 2.45) is 0 Å². The molecule has 0 N–H and O–H groups in total. The summed E-state index contributed by atoms with van der Waals surface area (Å²) in [6, 6.07) is -38.0. The Bertz CT molecular complexity index is 4860. The lowest BCUT2D eigenvalue weighted by Crippen LogP contribution is -2.10. The van der Waals surface area contributed by atoms with Crippen LogP contribution in [0.1, 0.15) is 48.0 Å². The highest BCUT2D eigenvalue weighted by Crippen LogP contribution is 2.45. The van der Waals surface area contributed by atoms with Gasteiger partial charge in [0.1, 0.15) is 5.58 Å². The molecular weight excluding hydrogens is 655 g/mol. The molecule has 0 aliphatic carbocycles. The topological polar surface area (TPSA) is 16.4 Å². The average molecular weight is 725 g/mol. The summed E-state index contributed by atoms with van der Waals surface area (Å²) in [5.74, 6) is 0. The number of hydrogen-bond acceptors (Lipinski definition) is 2. The second-order valence-electron chi connectivity index (χ2n) is 11.0. The Kier molecular flexibility index (Phi) is 2.97. The zero-order valence-corrected chi connectivity index (χ0v) is 26.9. The van der Waals surface area contributed by atoms with Gasteiger partial charge in [-0.2, -0.15) is 0 Å². The van der Waals surface area contributed by atoms with Gasteiger partial charge < -0.3 is 9.32 Å². The van der Waals surface area contributed by atoms with E-state index in [0.717, 1.165) is 0 Å². The summed E-state index contributed by atoms with van der Waals surface area (Å²) < 4.78 is 321. The van der Waals surface area contributed by atoms with E-state index in [1.807, 2.05) is 0 Å². The lowest BCUT2D eigenvalue weighted by molar-refractivity contribution is 0.670. The SMILES string of the molecule is [2H]c1c([2H])c([2H])c(-c2c([2H])c([2H])c([2H])c(N(c3c([2H])c([2H])c(-c4c([2H])c([2H])c5c(-c6c([2H])c([2H])c([2H])c([2H])c6[2H])c([2H])c([2H])c([2H])c5c4[2H])c([2H])c3[2H])c3c([2H])c([2H])c([2H])c4c3oc3c(-c5c([2H])c([2H])c([2H])c([2H])c5[2H])c([2H])c([2H])c([2H])c34)c2[2H])c([2H])c1[2H]. The fourth-order valence-corrected chi connectivity index (χ4v) is 5.56. The third-order valence-electron chi connectivity index (χ3n) is 7.93. The molecule has 9 aromatic carbocycles. The quantitative estimate of drug-likeness (QED) is 0.163. The Balaban J connectivity index is 1.42. The Morgan fingerprint density at radius 2 is 0.870 bits per heavy atom. The van der Waals surface area contributed by atoms with Crippen molar-refractivity contribution in [3.63, 3.8) is 0 Å². The van der Waals surface area contributed by atoms with Gasteiger partial charge in [0.15, 0.2) is 5.58 Å². The monoisotopic (exact) mass is 724 g/mol. The van der Waals surface area contributed by atoms with Crippen LogP contribution in [0.15, 0.2) is 216 Å². The lowest BCUT2D eigenvalue weighted by atomic mass is 9.95. The summed E-state index contributed by atoms with van der Waals surface area (Å²) in [5.41, 5.74) is -12.7. The minimum absolute atomic E-state index is 0.309. The number of furan rings is 1. The first-order chi connectivity index (χ1) is 41.4. The van der Waals surface area contributed by atoms with Crippen molar-refractivity contribution >= 4 is 49.8 Å². The van der Waals surface area contributed by atoms with Crippen LogP contribution in [-0.4, -0.2) is 0 Å². The van der Waals surface area contributed by atoms with Crippen molar-refractivity contribution in [3.8, 4) is 44.5 Å². The molecule has 0 amide bonds. The average Bonchev–Trinajstić information content (AvgIpc) is 1.70. The van der Waals surface area contributed by atoms with Crippen molar-refractivity contribution in [3.05, 3.63) is 211 Å². The maximum atomic E-state index is 9.84. The molecule has 2 nitrogen and oxygen atoms in total. The highest BCUT2D eigenvalue weighted by atomic mass is 16.3. The van der Waals surface area contributed by atoms with Gasteiger partial charge in [-0.1, -0.05) is 175 Å². The highest BCUT2D eigenvalue weighted by molar-refractivity contribution is 6.13. The van der Waals surface area contributed by atoms with Gasteiger partial charge in [-0.05, 0) is 86.0 Å². The first-order valence-corrected chi connectivity index (χ1v) is 15.6. The van der Waals surface area contributed by atoms with Gasteiger partial charge >= 0.3 is 0 Å². The molecule has 54 heavy (non-hydrogen) atoms. The molecule has 0 aliphatic rings. The molecule has 254 valence electrons. The van der Waals surface area contributed by atoms with Crippen LogP contribution in [0.3, 0.4) is 0 Å². The smallest absolute Gasteiger partial charge is 0.159 e. The van der Waals surface area contributed by atoms with Gasteiger partial charge in [0.2, 0.25) is 0 Å². The van der Waals surface area contributed by atoms with Crippen molar-refractivity contribution in [1.82, 2.24) is 0 Å². The molecule has 10 aromatic rings. The van der Waals surface area contributed by atoms with E-state index in [-0.39, 0.29) is 0 Å². The lowest BCUT2D eigenvalue weighted by Gasteiger charge is -2.26. The molecule has 0 spiro atoms. The maximum absolute atomic E-state index is 9.84. The van der Waals surface area contributed by atoms with Gasteiger partial charge in [-0.25, -0.2) is 0 Å². The Morgan fingerprint density at radius 3 is 1.61 bits per heavy atom. The van der Waals surface area contributed by atoms with Crippen molar-refractivity contribution in [2.45, 2.75) is 0 Å². The molecule has 1 heterocycles. The Labute approximate surface area is 364 Å². The third-order valence-corrected chi connectivity index (χ3v) is 7.93. The number of fused-ring (bicyclic) bond motifs is 4. The zero-order chi connectivity index (χ0) is 66.3. The Hall–Kier alpha value is -7.16. The normalized spacial score (nSPS) is 20.4. The zero-order valence-electron chi connectivity index (χ0n) is 61.9. The van der Waals surface area contributed by atoms with E-state index in [1.165, 1.54) is 0 Å². The highest BCUT2D eigenvalue weighted by Gasteiger charge is 2.21. The predicted molar refractivity (Wildman–Crippen MR) is 228 cm³/mol. The van der Waals surface area contributed by atoms with Crippen LogP contribution in [0.4, 0.5) is 17.1 Å². The van der Waals surface area contributed by atoms with Gasteiger partial charge in [0.25, 0.3) is 0 Å². The van der Waals surface area contributed by atoms with Gasteiger partial charge in [-0.3, -0.25) is 0 Å². The third kappa shape index (κ3) is 5.62. The van der Waals surface area contributed by atoms with Gasteiger partial charge in [0.05, 0.1) is 53.7 Å². The molecule has 0 saturated heterocycles. The second-order valence-corrected chi connectivity index (χ2v) is 11.0. The van der Waals surface area contributed by atoms with Crippen LogP contribution >= 0.6 is 0 Å². The summed E-state index contributed by atoms with van der Waals surface area (Å²) >= 11 is 0. The fraction of sp³-hybridized carbons (Fsp3) is 0. The number of para-hydroxylation sites is 2. The Morgan fingerprint density at radius 1 is 0.333 bits per heavy atom. The number of rotatable bonds is 7. The van der Waals surface area contributed by atoms with Crippen LogP contribution in [0, 0.1) is 0 Å². The second kappa shape index (κ2) is 13.4. The molecule has 0 bridgehead atoms. The van der Waals surface area contributed by atoms with Crippen LogP contribution in [0.25, 0.3) is 77.2 Å². The van der Waals surface area contributed by atoms with Crippen molar-refractivity contribution in [2.75, 3.05) is 4.90 Å². The van der Waals surface area contributed by atoms with E-state index in [9.17, 15) is 16.4 Å². The van der Waals surface area contributed by atoms with E-state index in [0.29, 0.717) is 4.90 Å². The predicted octanol–water partition coefficient (Wildman–Crippen LogP) is 14.9. The minimum atomic E-state index is -1.39. The number of anilines is 3. The molecule has 2 heteroatoms. The molecule has 10 rings (SSSR count). The van der Waals surface area contributed by atoms with E-state index < -0.39 is 306 Å².